The minimum absolute atomic E-state index is 0.397. The number of nitriles is 1. The Bertz CT molecular complexity index is 874. The van der Waals surface area contributed by atoms with E-state index in [4.69, 9.17) is 10.5 Å². The number of ether oxygens (including phenoxy) is 1. The number of carbonyl (C=O) groups is 1. The highest BCUT2D eigenvalue weighted by Gasteiger charge is 2.44. The van der Waals surface area contributed by atoms with Crippen LogP contribution in [-0.2, 0) is 11.2 Å². The monoisotopic (exact) mass is 365 g/mol. The summed E-state index contributed by atoms with van der Waals surface area (Å²) in [5, 5.41) is 23.3. The van der Waals surface area contributed by atoms with Crippen LogP contribution in [0.5, 0.6) is 5.75 Å². The number of hydrogen-bond donors (Lipinski definition) is 3. The number of hydrogen-bond acceptors (Lipinski definition) is 5. The van der Waals surface area contributed by atoms with Crippen molar-refractivity contribution in [3.63, 3.8) is 0 Å². The minimum atomic E-state index is -0.934. The quantitative estimate of drug-likeness (QED) is 0.749. The molecule has 27 heavy (non-hydrogen) atoms. The predicted octanol–water partition coefficient (Wildman–Crippen LogP) is 1.82. The molecule has 0 aromatic heterocycles. The van der Waals surface area contributed by atoms with E-state index in [1.165, 1.54) is 0 Å². The van der Waals surface area contributed by atoms with Crippen molar-refractivity contribution in [3.05, 3.63) is 65.2 Å². The molecule has 3 atom stereocenters. The van der Waals surface area contributed by atoms with Crippen molar-refractivity contribution in [2.24, 2.45) is 5.73 Å². The fraction of sp³-hybridized carbons (Fsp3) is 0.333. The summed E-state index contributed by atoms with van der Waals surface area (Å²) in [5.74, 6) is 0.0677. The average Bonchev–Trinajstić information content (AvgIpc) is 2.64. The Morgan fingerprint density at radius 2 is 2.04 bits per heavy atom. The van der Waals surface area contributed by atoms with Gasteiger partial charge in [0.1, 0.15) is 17.5 Å². The predicted molar refractivity (Wildman–Crippen MR) is 101 cm³/mol. The van der Waals surface area contributed by atoms with E-state index in [0.717, 1.165) is 5.56 Å². The third-order valence-corrected chi connectivity index (χ3v) is 4.88. The zero-order valence-electron chi connectivity index (χ0n) is 15.3. The van der Waals surface area contributed by atoms with Crippen molar-refractivity contribution >= 4 is 5.91 Å². The molecule has 2 aromatic carbocycles. The molecule has 0 spiro atoms. The van der Waals surface area contributed by atoms with Gasteiger partial charge in [-0.1, -0.05) is 30.3 Å². The van der Waals surface area contributed by atoms with E-state index in [-0.39, 0.29) is 0 Å². The van der Waals surface area contributed by atoms with Gasteiger partial charge in [-0.15, -0.1) is 0 Å². The van der Waals surface area contributed by atoms with Crippen LogP contribution < -0.4 is 15.8 Å². The van der Waals surface area contributed by atoms with Crippen molar-refractivity contribution in [1.82, 2.24) is 5.32 Å². The van der Waals surface area contributed by atoms with Crippen LogP contribution in [0.1, 0.15) is 36.6 Å². The molecule has 6 heteroatoms. The third-order valence-electron chi connectivity index (χ3n) is 4.88. The van der Waals surface area contributed by atoms with E-state index in [2.05, 4.69) is 11.4 Å². The molecule has 0 fully saturated rings. The molecule has 1 aliphatic rings. The summed E-state index contributed by atoms with van der Waals surface area (Å²) >= 11 is 0. The lowest BCUT2D eigenvalue weighted by Crippen LogP contribution is -2.56. The number of nitrogens with zero attached hydrogens (tertiary/aromatic N) is 1. The van der Waals surface area contributed by atoms with E-state index in [0.29, 0.717) is 23.3 Å². The second-order valence-electron chi connectivity index (χ2n) is 7.30. The van der Waals surface area contributed by atoms with E-state index < -0.39 is 29.7 Å². The van der Waals surface area contributed by atoms with Gasteiger partial charge in [0.15, 0.2) is 0 Å². The molecule has 0 saturated heterocycles. The molecular formula is C21H23N3O3. The number of nitrogens with one attached hydrogen (secondary N) is 1. The first kappa shape index (κ1) is 18.9. The number of rotatable bonds is 5. The molecule has 1 aliphatic heterocycles. The Balaban J connectivity index is 1.95. The topological polar surface area (TPSA) is 108 Å². The molecule has 0 radical (unpaired) electrons. The standard InChI is InChI=1S/C21H23N3O3/c1-21(2)19(25)18(15-10-14(12-22)8-9-17(15)27-21)24-16(20(23)26)11-13-6-4-3-5-7-13/h3-10,16,18-19,24-25H,11H2,1-2H3,(H2,23,26)/t16-,18+,19-/m1/s1. The van der Waals surface area contributed by atoms with Gasteiger partial charge >= 0.3 is 0 Å². The summed E-state index contributed by atoms with van der Waals surface area (Å²) in [5.41, 5.74) is 6.81. The highest BCUT2D eigenvalue weighted by molar-refractivity contribution is 5.80. The molecule has 140 valence electrons. The fourth-order valence-corrected chi connectivity index (χ4v) is 3.36. The summed E-state index contributed by atoms with van der Waals surface area (Å²) in [6.45, 7) is 3.56. The highest BCUT2D eigenvalue weighted by Crippen LogP contribution is 2.40. The maximum absolute atomic E-state index is 12.1. The first-order chi connectivity index (χ1) is 12.8. The molecule has 0 unspecified atom stereocenters. The van der Waals surface area contributed by atoms with Crippen LogP contribution in [-0.4, -0.2) is 28.8 Å². The number of amides is 1. The molecule has 2 aromatic rings. The largest absolute Gasteiger partial charge is 0.485 e. The molecule has 0 bridgehead atoms. The van der Waals surface area contributed by atoms with Crippen LogP contribution in [0.3, 0.4) is 0 Å². The lowest BCUT2D eigenvalue weighted by molar-refractivity contribution is -0.121. The molecule has 3 rings (SSSR count). The Kier molecular flexibility index (Phi) is 5.17. The number of aliphatic hydroxyl groups excluding tert-OH is 1. The van der Waals surface area contributed by atoms with Gasteiger partial charge in [0.25, 0.3) is 0 Å². The van der Waals surface area contributed by atoms with Gasteiger partial charge < -0.3 is 15.6 Å². The zero-order valence-corrected chi connectivity index (χ0v) is 15.3. The molecule has 1 heterocycles. The smallest absolute Gasteiger partial charge is 0.234 e. The van der Waals surface area contributed by atoms with Crippen LogP contribution in [0.15, 0.2) is 48.5 Å². The molecule has 6 nitrogen and oxygen atoms in total. The Hall–Kier alpha value is -2.88. The van der Waals surface area contributed by atoms with Crippen LogP contribution in [0.4, 0.5) is 0 Å². The number of aliphatic hydroxyl groups is 1. The van der Waals surface area contributed by atoms with Crippen LogP contribution in [0, 0.1) is 11.3 Å². The van der Waals surface area contributed by atoms with Crippen molar-refractivity contribution in [3.8, 4) is 11.8 Å². The van der Waals surface area contributed by atoms with Gasteiger partial charge in [-0.05, 0) is 44.0 Å². The van der Waals surface area contributed by atoms with Gasteiger partial charge in [-0.2, -0.15) is 5.26 Å². The summed E-state index contributed by atoms with van der Waals surface area (Å²) in [7, 11) is 0. The average molecular weight is 365 g/mol. The zero-order chi connectivity index (χ0) is 19.6. The first-order valence-corrected chi connectivity index (χ1v) is 8.82. The molecule has 1 amide bonds. The van der Waals surface area contributed by atoms with Gasteiger partial charge in [0.2, 0.25) is 5.91 Å². The number of fused-ring (bicyclic) bond motifs is 1. The fourth-order valence-electron chi connectivity index (χ4n) is 3.36. The summed E-state index contributed by atoms with van der Waals surface area (Å²) in [6.07, 6.45) is -0.537. The van der Waals surface area contributed by atoms with E-state index in [9.17, 15) is 15.2 Å². The summed E-state index contributed by atoms with van der Waals surface area (Å²) in [6, 6.07) is 15.4. The van der Waals surface area contributed by atoms with Gasteiger partial charge in [0.05, 0.1) is 23.7 Å². The lowest BCUT2D eigenvalue weighted by Gasteiger charge is -2.43. The van der Waals surface area contributed by atoms with Crippen molar-refractivity contribution in [1.29, 1.82) is 5.26 Å². The third kappa shape index (κ3) is 3.95. The van der Waals surface area contributed by atoms with Crippen molar-refractivity contribution < 1.29 is 14.6 Å². The number of carbonyl (C=O) groups excluding carboxylic acids is 1. The highest BCUT2D eigenvalue weighted by atomic mass is 16.5. The maximum Gasteiger partial charge on any atom is 0.234 e. The molecule has 0 aliphatic carbocycles. The Labute approximate surface area is 158 Å². The second-order valence-corrected chi connectivity index (χ2v) is 7.30. The normalized spacial score (nSPS) is 21.4. The maximum atomic E-state index is 12.1. The minimum Gasteiger partial charge on any atom is -0.485 e. The molecular weight excluding hydrogens is 342 g/mol. The molecule has 0 saturated carbocycles. The number of nitrogens with two attached hydrogens (primary N) is 1. The Morgan fingerprint density at radius 3 is 2.67 bits per heavy atom. The van der Waals surface area contributed by atoms with E-state index in [1.54, 1.807) is 32.0 Å². The van der Waals surface area contributed by atoms with E-state index >= 15 is 0 Å². The van der Waals surface area contributed by atoms with Gasteiger partial charge in [-0.25, -0.2) is 0 Å². The Morgan fingerprint density at radius 1 is 1.33 bits per heavy atom. The van der Waals surface area contributed by atoms with Crippen LogP contribution in [0.25, 0.3) is 0 Å². The SMILES string of the molecule is CC1(C)Oc2ccc(C#N)cc2[C@H](N[C@H](Cc2ccccc2)C(N)=O)[C@H]1O. The molecule has 4 N–H and O–H groups in total. The first-order valence-electron chi connectivity index (χ1n) is 8.82. The van der Waals surface area contributed by atoms with Crippen LogP contribution in [0.2, 0.25) is 0 Å². The number of benzene rings is 2. The van der Waals surface area contributed by atoms with Gasteiger partial charge in [0, 0.05) is 5.56 Å². The second kappa shape index (κ2) is 7.39. The van der Waals surface area contributed by atoms with Crippen LogP contribution >= 0.6 is 0 Å². The number of primary amides is 1. The van der Waals surface area contributed by atoms with Crippen molar-refractivity contribution in [2.75, 3.05) is 0 Å². The lowest BCUT2D eigenvalue weighted by atomic mass is 9.85. The van der Waals surface area contributed by atoms with Crippen molar-refractivity contribution in [2.45, 2.75) is 44.1 Å². The summed E-state index contributed by atoms with van der Waals surface area (Å²) < 4.78 is 5.91. The summed E-state index contributed by atoms with van der Waals surface area (Å²) in [4.78, 5) is 12.1. The van der Waals surface area contributed by atoms with E-state index in [1.807, 2.05) is 30.3 Å². The van der Waals surface area contributed by atoms with Gasteiger partial charge in [-0.3, -0.25) is 10.1 Å².